The van der Waals surface area contributed by atoms with E-state index in [1.54, 1.807) is 0 Å². The number of carbonyl (C=O) groups excluding carboxylic acids is 1. The highest BCUT2D eigenvalue weighted by Crippen LogP contribution is 2.79. The first-order valence-corrected chi connectivity index (χ1v) is 14.9. The van der Waals surface area contributed by atoms with Crippen molar-refractivity contribution in [1.82, 2.24) is 0 Å². The van der Waals surface area contributed by atoms with Gasteiger partial charge in [-0.1, -0.05) is 47.1 Å². The molecule has 0 N–H and O–H groups in total. The lowest BCUT2D eigenvalue weighted by atomic mass is 9.42. The van der Waals surface area contributed by atoms with E-state index < -0.39 is 8.32 Å². The molecule has 0 amide bonds. The van der Waals surface area contributed by atoms with E-state index in [4.69, 9.17) is 4.43 Å². The zero-order valence-corrected chi connectivity index (χ0v) is 21.5. The maximum absolute atomic E-state index is 12.1. The molecule has 0 aromatic heterocycles. The zero-order valence-electron chi connectivity index (χ0n) is 20.5. The Hall–Kier alpha value is -0.413. The molecule has 0 heterocycles. The van der Waals surface area contributed by atoms with E-state index in [-0.39, 0.29) is 16.1 Å². The van der Waals surface area contributed by atoms with Crippen LogP contribution >= 0.6 is 0 Å². The van der Waals surface area contributed by atoms with Gasteiger partial charge in [-0.25, -0.2) is 0 Å². The van der Waals surface area contributed by atoms with Crippen LogP contribution < -0.4 is 0 Å². The number of rotatable bonds is 3. The van der Waals surface area contributed by atoms with Crippen LogP contribution in [0.5, 0.6) is 0 Å². The predicted molar refractivity (Wildman–Crippen MR) is 123 cm³/mol. The fraction of sp³-hybridized carbons (Fsp3) is 0.885. The average molecular weight is 417 g/mol. The smallest absolute Gasteiger partial charge is 0.192 e. The molecule has 4 aliphatic carbocycles. The monoisotopic (exact) mass is 416 g/mol. The fourth-order valence-corrected chi connectivity index (χ4v) is 9.87. The molecule has 3 saturated carbocycles. The van der Waals surface area contributed by atoms with Gasteiger partial charge in [0.1, 0.15) is 6.29 Å². The Kier molecular flexibility index (Phi) is 4.58. The molecule has 6 atom stereocenters. The number of hydrogen-bond donors (Lipinski definition) is 0. The first-order valence-electron chi connectivity index (χ1n) is 12.0. The molecule has 4 rings (SSSR count). The van der Waals surface area contributed by atoms with Gasteiger partial charge in [0, 0.05) is 5.41 Å². The van der Waals surface area contributed by atoms with E-state index in [1.165, 1.54) is 50.4 Å². The third-order valence-corrected chi connectivity index (χ3v) is 15.5. The van der Waals surface area contributed by atoms with Gasteiger partial charge in [0.15, 0.2) is 8.32 Å². The molecule has 0 saturated heterocycles. The standard InChI is InChI=1S/C26H44O2Si/c1-18-10-11-20-23(5,19(18)16-27)13-12-21-24(20,6)14-15-26(17-25(21,26)7)28-29(8,9)22(2,3)4/h16,20-21H,10-15,17H2,1-9H3/t20-,21+,23-,24+,25-,26+/m0/s1. The number of aldehydes is 1. The molecule has 0 unspecified atom stereocenters. The molecule has 0 radical (unpaired) electrons. The van der Waals surface area contributed by atoms with Crippen LogP contribution in [0.1, 0.15) is 93.4 Å². The normalized spacial score (nSPS) is 47.2. The van der Waals surface area contributed by atoms with Gasteiger partial charge in [-0.3, -0.25) is 4.79 Å². The van der Waals surface area contributed by atoms with Crippen LogP contribution in [-0.2, 0) is 9.22 Å². The number of allylic oxidation sites excluding steroid dienone is 2. The summed E-state index contributed by atoms with van der Waals surface area (Å²) >= 11 is 0. The van der Waals surface area contributed by atoms with Gasteiger partial charge in [-0.2, -0.15) is 0 Å². The van der Waals surface area contributed by atoms with Crippen molar-refractivity contribution in [2.45, 2.75) is 117 Å². The molecule has 2 nitrogen and oxygen atoms in total. The second-order valence-electron chi connectivity index (χ2n) is 13.4. The van der Waals surface area contributed by atoms with Gasteiger partial charge in [-0.05, 0) is 98.2 Å². The Labute approximate surface area is 180 Å². The number of carbonyl (C=O) groups is 1. The minimum absolute atomic E-state index is 0.0842. The largest absolute Gasteiger partial charge is 0.411 e. The molecule has 3 fully saturated rings. The lowest BCUT2D eigenvalue weighted by Crippen LogP contribution is -2.58. The summed E-state index contributed by atoms with van der Waals surface area (Å²) in [6.07, 6.45) is 9.76. The van der Waals surface area contributed by atoms with E-state index in [9.17, 15) is 4.79 Å². The second kappa shape index (κ2) is 6.09. The summed E-state index contributed by atoms with van der Waals surface area (Å²) in [6.45, 7) is 21.7. The van der Waals surface area contributed by atoms with Gasteiger partial charge in [0.25, 0.3) is 0 Å². The van der Waals surface area contributed by atoms with Gasteiger partial charge < -0.3 is 4.43 Å². The van der Waals surface area contributed by atoms with Gasteiger partial charge in [-0.15, -0.1) is 0 Å². The van der Waals surface area contributed by atoms with E-state index in [1.807, 2.05) is 0 Å². The van der Waals surface area contributed by atoms with Crippen molar-refractivity contribution in [3.63, 3.8) is 0 Å². The molecular weight excluding hydrogens is 372 g/mol. The van der Waals surface area contributed by atoms with Crippen molar-refractivity contribution in [1.29, 1.82) is 0 Å². The molecule has 0 aromatic carbocycles. The van der Waals surface area contributed by atoms with Crippen molar-refractivity contribution in [2.24, 2.45) is 28.1 Å². The Morgan fingerprint density at radius 2 is 1.69 bits per heavy atom. The maximum Gasteiger partial charge on any atom is 0.192 e. The van der Waals surface area contributed by atoms with Crippen molar-refractivity contribution in [3.05, 3.63) is 11.1 Å². The number of fused-ring (bicyclic) bond motifs is 5. The predicted octanol–water partition coefficient (Wildman–Crippen LogP) is 7.30. The lowest BCUT2D eigenvalue weighted by Gasteiger charge is -2.63. The van der Waals surface area contributed by atoms with E-state index in [0.29, 0.717) is 16.7 Å². The minimum atomic E-state index is -1.78. The minimum Gasteiger partial charge on any atom is -0.411 e. The Morgan fingerprint density at radius 3 is 2.28 bits per heavy atom. The molecule has 0 aliphatic heterocycles. The SMILES string of the molecule is CC1=C(C=O)[C@]2(C)CC[C@@H]3[C@](C)(CC[C@@]4(O[Si](C)(C)C(C)(C)C)C[C@@]34C)[C@H]2CC1. The molecular formula is C26H44O2Si. The summed E-state index contributed by atoms with van der Waals surface area (Å²) < 4.78 is 7.20. The first-order chi connectivity index (χ1) is 13.2. The highest BCUT2D eigenvalue weighted by Gasteiger charge is 2.77. The average Bonchev–Trinajstić information content (AvgIpc) is 3.17. The highest BCUT2D eigenvalue weighted by atomic mass is 28.4. The Bertz CT molecular complexity index is 761. The van der Waals surface area contributed by atoms with E-state index in [2.05, 4.69) is 61.6 Å². The van der Waals surface area contributed by atoms with Crippen LogP contribution in [0.25, 0.3) is 0 Å². The van der Waals surface area contributed by atoms with Gasteiger partial charge in [0.05, 0.1) is 5.60 Å². The summed E-state index contributed by atoms with van der Waals surface area (Å²) in [5.74, 6) is 1.37. The van der Waals surface area contributed by atoms with E-state index >= 15 is 0 Å². The van der Waals surface area contributed by atoms with Crippen molar-refractivity contribution >= 4 is 14.6 Å². The molecule has 29 heavy (non-hydrogen) atoms. The molecule has 0 aromatic rings. The van der Waals surface area contributed by atoms with Crippen LogP contribution in [0, 0.1) is 28.1 Å². The van der Waals surface area contributed by atoms with E-state index in [0.717, 1.165) is 17.9 Å². The third-order valence-electron chi connectivity index (χ3n) is 11.0. The molecule has 3 heteroatoms. The molecule has 0 bridgehead atoms. The van der Waals surface area contributed by atoms with Crippen molar-refractivity contribution in [3.8, 4) is 0 Å². The Balaban J connectivity index is 1.66. The van der Waals surface area contributed by atoms with Crippen molar-refractivity contribution in [2.75, 3.05) is 0 Å². The highest BCUT2D eigenvalue weighted by molar-refractivity contribution is 6.74. The topological polar surface area (TPSA) is 26.3 Å². The zero-order chi connectivity index (χ0) is 21.7. The maximum atomic E-state index is 12.1. The van der Waals surface area contributed by atoms with Crippen LogP contribution in [-0.4, -0.2) is 20.2 Å². The van der Waals surface area contributed by atoms with Gasteiger partial charge in [0.2, 0.25) is 0 Å². The quantitative estimate of drug-likeness (QED) is 0.356. The molecule has 4 aliphatic rings. The summed E-state index contributed by atoms with van der Waals surface area (Å²) in [5.41, 5.74) is 3.37. The fourth-order valence-electron chi connectivity index (χ4n) is 8.18. The van der Waals surface area contributed by atoms with Crippen LogP contribution in [0.3, 0.4) is 0 Å². The summed E-state index contributed by atoms with van der Waals surface area (Å²) in [5, 5.41) is 0.266. The summed E-state index contributed by atoms with van der Waals surface area (Å²) in [6, 6.07) is 0. The summed E-state index contributed by atoms with van der Waals surface area (Å²) in [4.78, 5) is 12.1. The molecule has 0 spiro atoms. The first kappa shape index (κ1) is 21.8. The lowest BCUT2D eigenvalue weighted by molar-refractivity contribution is -0.130. The third kappa shape index (κ3) is 2.71. The summed E-state index contributed by atoms with van der Waals surface area (Å²) in [7, 11) is -1.78. The van der Waals surface area contributed by atoms with Crippen LogP contribution in [0.2, 0.25) is 18.1 Å². The Morgan fingerprint density at radius 1 is 1.03 bits per heavy atom. The molecule has 164 valence electrons. The number of hydrogen-bond acceptors (Lipinski definition) is 2. The van der Waals surface area contributed by atoms with Crippen LogP contribution in [0.4, 0.5) is 0 Å². The van der Waals surface area contributed by atoms with Crippen LogP contribution in [0.15, 0.2) is 11.1 Å². The second-order valence-corrected chi connectivity index (χ2v) is 18.1. The van der Waals surface area contributed by atoms with Crippen molar-refractivity contribution < 1.29 is 9.22 Å². The van der Waals surface area contributed by atoms with Gasteiger partial charge >= 0.3 is 0 Å².